The molecule has 1 aromatic heterocycles. The van der Waals surface area contributed by atoms with E-state index in [2.05, 4.69) is 10.5 Å². The minimum absolute atomic E-state index is 0.152. The predicted octanol–water partition coefficient (Wildman–Crippen LogP) is 6.02. The number of benzene rings is 2. The molecule has 0 saturated carbocycles. The molecule has 2 N–H and O–H groups in total. The lowest BCUT2D eigenvalue weighted by molar-refractivity contribution is -0.137. The van der Waals surface area contributed by atoms with Crippen LogP contribution in [-0.4, -0.2) is 16.7 Å². The number of nitrogens with zero attached hydrogens (tertiary/aromatic N) is 1. The summed E-state index contributed by atoms with van der Waals surface area (Å²) >= 11 is 0. The van der Waals surface area contributed by atoms with Gasteiger partial charge >= 0.3 is 6.18 Å². The van der Waals surface area contributed by atoms with E-state index in [-0.39, 0.29) is 12.5 Å². The molecule has 0 spiro atoms. The molecule has 8 heteroatoms. The Hall–Kier alpha value is -3.10. The quantitative estimate of drug-likeness (QED) is 0.447. The van der Waals surface area contributed by atoms with E-state index in [0.29, 0.717) is 29.3 Å². The Morgan fingerprint density at radius 1 is 1.13 bits per heavy atom. The van der Waals surface area contributed by atoms with Crippen molar-refractivity contribution in [3.8, 4) is 17.2 Å². The largest absolute Gasteiger partial charge is 0.487 e. The van der Waals surface area contributed by atoms with Gasteiger partial charge in [0.15, 0.2) is 0 Å². The summed E-state index contributed by atoms with van der Waals surface area (Å²) in [6.45, 7) is 6.13. The number of oxazole rings is 1. The lowest BCUT2D eigenvalue weighted by atomic mass is 10.0. The van der Waals surface area contributed by atoms with Crippen LogP contribution in [0.4, 0.5) is 13.2 Å². The average molecular weight is 432 g/mol. The molecule has 0 bridgehead atoms. The van der Waals surface area contributed by atoms with Gasteiger partial charge in [-0.3, -0.25) is 0 Å². The molecule has 3 aromatic rings. The molecule has 0 aliphatic rings. The molecule has 0 atom stereocenters. The molecular formula is C23H23F3N2O3. The van der Waals surface area contributed by atoms with Crippen molar-refractivity contribution in [2.24, 2.45) is 0 Å². The summed E-state index contributed by atoms with van der Waals surface area (Å²) < 4.78 is 49.7. The maximum absolute atomic E-state index is 12.7. The van der Waals surface area contributed by atoms with Crippen molar-refractivity contribution in [1.82, 2.24) is 10.5 Å². The lowest BCUT2D eigenvalue weighted by Gasteiger charge is -2.10. The zero-order valence-corrected chi connectivity index (χ0v) is 17.4. The van der Waals surface area contributed by atoms with Crippen LogP contribution in [0.25, 0.3) is 17.0 Å². The number of hydroxylamine groups is 1. The Morgan fingerprint density at radius 3 is 2.48 bits per heavy atom. The molecule has 5 nitrogen and oxygen atoms in total. The molecule has 164 valence electrons. The van der Waals surface area contributed by atoms with Crippen LogP contribution in [0.2, 0.25) is 0 Å². The van der Waals surface area contributed by atoms with Crippen LogP contribution < -0.4 is 10.2 Å². The van der Waals surface area contributed by atoms with E-state index in [1.807, 2.05) is 38.1 Å². The van der Waals surface area contributed by atoms with Gasteiger partial charge in [-0.15, -0.1) is 0 Å². The van der Waals surface area contributed by atoms with Crippen molar-refractivity contribution in [2.75, 3.05) is 6.54 Å². The smallest absolute Gasteiger partial charge is 0.416 e. The van der Waals surface area contributed by atoms with Crippen LogP contribution in [0, 0.1) is 6.92 Å². The number of alkyl halides is 3. The number of rotatable bonds is 7. The summed E-state index contributed by atoms with van der Waals surface area (Å²) in [5, 5.41) is 8.88. The fourth-order valence-electron chi connectivity index (χ4n) is 2.96. The van der Waals surface area contributed by atoms with Gasteiger partial charge < -0.3 is 14.4 Å². The second-order valence-corrected chi connectivity index (χ2v) is 7.15. The number of aryl methyl sites for hydroxylation is 1. The Balaban J connectivity index is 1.73. The second kappa shape index (κ2) is 9.36. The Labute approximate surface area is 178 Å². The zero-order valence-electron chi connectivity index (χ0n) is 17.4. The van der Waals surface area contributed by atoms with E-state index in [0.717, 1.165) is 28.8 Å². The van der Waals surface area contributed by atoms with Gasteiger partial charge in [0, 0.05) is 12.1 Å². The first-order valence-electron chi connectivity index (χ1n) is 9.59. The number of nitrogens with one attached hydrogen (secondary N) is 1. The first-order valence-corrected chi connectivity index (χ1v) is 9.59. The molecule has 0 aliphatic heterocycles. The third-order valence-electron chi connectivity index (χ3n) is 4.98. The van der Waals surface area contributed by atoms with E-state index >= 15 is 0 Å². The van der Waals surface area contributed by atoms with Crippen molar-refractivity contribution in [3.63, 3.8) is 0 Å². The predicted molar refractivity (Wildman–Crippen MR) is 111 cm³/mol. The summed E-state index contributed by atoms with van der Waals surface area (Å²) in [4.78, 5) is 4.38. The molecule has 0 amide bonds. The number of aromatic nitrogens is 1. The average Bonchev–Trinajstić information content (AvgIpc) is 3.12. The highest BCUT2D eigenvalue weighted by atomic mass is 19.4. The Bertz CT molecular complexity index is 1070. The van der Waals surface area contributed by atoms with Crippen molar-refractivity contribution in [3.05, 3.63) is 76.7 Å². The van der Waals surface area contributed by atoms with Gasteiger partial charge in [0.25, 0.3) is 0 Å². The van der Waals surface area contributed by atoms with E-state index < -0.39 is 11.7 Å². The molecule has 0 fully saturated rings. The monoisotopic (exact) mass is 432 g/mol. The second-order valence-electron chi connectivity index (χ2n) is 7.15. The highest BCUT2D eigenvalue weighted by Crippen LogP contribution is 2.31. The van der Waals surface area contributed by atoms with Crippen LogP contribution in [0.3, 0.4) is 0 Å². The van der Waals surface area contributed by atoms with Gasteiger partial charge in [-0.1, -0.05) is 17.7 Å². The summed E-state index contributed by atoms with van der Waals surface area (Å²) in [6, 6.07) is 12.2. The summed E-state index contributed by atoms with van der Waals surface area (Å²) in [5.74, 6) is 1.41. The van der Waals surface area contributed by atoms with Crippen LogP contribution in [0.5, 0.6) is 5.75 Å². The molecule has 31 heavy (non-hydrogen) atoms. The SMILES string of the molecule is C/C(CNO)=C(/C)c1cccc(OCc2nc(-c3ccc(C(F)(F)F)cc3)oc2C)c1. The number of allylic oxidation sites excluding steroid dienone is 1. The number of halogens is 3. The summed E-state index contributed by atoms with van der Waals surface area (Å²) in [5.41, 5.74) is 5.42. The van der Waals surface area contributed by atoms with E-state index in [1.54, 1.807) is 6.92 Å². The number of hydrogen-bond donors (Lipinski definition) is 2. The van der Waals surface area contributed by atoms with Crippen molar-refractivity contribution >= 4 is 5.57 Å². The van der Waals surface area contributed by atoms with Crippen molar-refractivity contribution in [2.45, 2.75) is 33.6 Å². The minimum atomic E-state index is -4.39. The van der Waals surface area contributed by atoms with Crippen LogP contribution in [-0.2, 0) is 12.8 Å². The fourth-order valence-corrected chi connectivity index (χ4v) is 2.96. The summed E-state index contributed by atoms with van der Waals surface area (Å²) in [7, 11) is 0. The van der Waals surface area contributed by atoms with Gasteiger partial charge in [0.1, 0.15) is 23.8 Å². The standard InChI is InChI=1S/C23H23F3N2O3/c1-14(12-27-29)15(2)18-5-4-6-20(11-18)30-13-21-16(3)31-22(28-21)17-7-9-19(10-8-17)23(24,25)26/h4-11,27,29H,12-13H2,1-3H3/b15-14+. The number of hydrogen-bond acceptors (Lipinski definition) is 5. The van der Waals surface area contributed by atoms with E-state index in [1.165, 1.54) is 12.1 Å². The normalized spacial score (nSPS) is 12.6. The highest BCUT2D eigenvalue weighted by Gasteiger charge is 2.30. The Morgan fingerprint density at radius 2 is 1.84 bits per heavy atom. The number of ether oxygens (including phenoxy) is 1. The first kappa shape index (κ1) is 22.6. The molecule has 0 unspecified atom stereocenters. The fraction of sp³-hybridized carbons (Fsp3) is 0.261. The van der Waals surface area contributed by atoms with Crippen LogP contribution in [0.15, 0.2) is 58.5 Å². The topological polar surface area (TPSA) is 67.5 Å². The van der Waals surface area contributed by atoms with Gasteiger partial charge in [0.2, 0.25) is 5.89 Å². The lowest BCUT2D eigenvalue weighted by Crippen LogP contribution is -2.10. The maximum atomic E-state index is 12.7. The van der Waals surface area contributed by atoms with Crippen LogP contribution in [0.1, 0.15) is 36.4 Å². The molecule has 3 rings (SSSR count). The third-order valence-corrected chi connectivity index (χ3v) is 4.98. The highest BCUT2D eigenvalue weighted by molar-refractivity contribution is 5.67. The van der Waals surface area contributed by atoms with Crippen molar-refractivity contribution < 1.29 is 27.5 Å². The molecular weight excluding hydrogens is 409 g/mol. The molecule has 0 radical (unpaired) electrons. The van der Waals surface area contributed by atoms with E-state index in [4.69, 9.17) is 14.4 Å². The molecule has 1 heterocycles. The molecule has 0 saturated heterocycles. The zero-order chi connectivity index (χ0) is 22.6. The van der Waals surface area contributed by atoms with Gasteiger partial charge in [-0.05, 0) is 68.3 Å². The third kappa shape index (κ3) is 5.53. The van der Waals surface area contributed by atoms with Gasteiger partial charge in [-0.25, -0.2) is 10.5 Å². The van der Waals surface area contributed by atoms with Crippen LogP contribution >= 0.6 is 0 Å². The van der Waals surface area contributed by atoms with Gasteiger partial charge in [-0.2, -0.15) is 13.2 Å². The maximum Gasteiger partial charge on any atom is 0.416 e. The summed E-state index contributed by atoms with van der Waals surface area (Å²) in [6.07, 6.45) is -4.39. The molecule has 2 aromatic carbocycles. The van der Waals surface area contributed by atoms with E-state index in [9.17, 15) is 13.2 Å². The molecule has 0 aliphatic carbocycles. The Kier molecular flexibility index (Phi) is 6.82. The minimum Gasteiger partial charge on any atom is -0.487 e. The van der Waals surface area contributed by atoms with Crippen molar-refractivity contribution in [1.29, 1.82) is 0 Å². The van der Waals surface area contributed by atoms with Gasteiger partial charge in [0.05, 0.1) is 5.56 Å². The first-order chi connectivity index (χ1) is 14.7.